The first-order valence-electron chi connectivity index (χ1n) is 8.52. The van der Waals surface area contributed by atoms with Crippen molar-refractivity contribution in [1.82, 2.24) is 0 Å². The molecule has 120 valence electrons. The van der Waals surface area contributed by atoms with Crippen LogP contribution in [0.1, 0.15) is 70.6 Å². The molecule has 3 saturated carbocycles. The normalized spacial score (nSPS) is 26.7. The summed E-state index contributed by atoms with van der Waals surface area (Å²) in [5, 5.41) is 8.38. The third kappa shape index (κ3) is 6.49. The van der Waals surface area contributed by atoms with E-state index in [1.54, 1.807) is 19.3 Å². The molecule has 21 heavy (non-hydrogen) atoms. The average molecular weight is 296 g/mol. The molecule has 4 nitrogen and oxygen atoms in total. The molecular formula is C17H28O4. The van der Waals surface area contributed by atoms with Crippen LogP contribution in [0, 0.1) is 17.8 Å². The molecule has 3 aliphatic rings. The van der Waals surface area contributed by atoms with Crippen molar-refractivity contribution >= 4 is 11.9 Å². The van der Waals surface area contributed by atoms with E-state index < -0.39 is 11.9 Å². The Balaban J connectivity index is 0.000000262. The van der Waals surface area contributed by atoms with Gasteiger partial charge in [0.2, 0.25) is 0 Å². The number of hydrogen-bond acceptors (Lipinski definition) is 3. The van der Waals surface area contributed by atoms with Gasteiger partial charge in [0.05, 0.1) is 19.4 Å². The Hall–Kier alpha value is -1.06. The van der Waals surface area contributed by atoms with Crippen molar-refractivity contribution in [3.8, 4) is 0 Å². The Bertz CT molecular complexity index is 335. The van der Waals surface area contributed by atoms with Gasteiger partial charge in [-0.05, 0) is 43.4 Å². The molecule has 1 N–H and O–H groups in total. The van der Waals surface area contributed by atoms with E-state index in [0.29, 0.717) is 12.5 Å². The Labute approximate surface area is 127 Å². The van der Waals surface area contributed by atoms with Crippen LogP contribution >= 0.6 is 0 Å². The predicted molar refractivity (Wildman–Crippen MR) is 79.9 cm³/mol. The highest BCUT2D eigenvalue weighted by molar-refractivity contribution is 5.76. The highest BCUT2D eigenvalue weighted by Gasteiger charge is 2.44. The van der Waals surface area contributed by atoms with E-state index in [-0.39, 0.29) is 12.8 Å². The summed E-state index contributed by atoms with van der Waals surface area (Å²) in [4.78, 5) is 21.3. The van der Waals surface area contributed by atoms with Gasteiger partial charge in [-0.3, -0.25) is 9.59 Å². The molecule has 3 rings (SSSR count). The molecule has 0 bridgehead atoms. The predicted octanol–water partition coefficient (Wildman–Crippen LogP) is 3.78. The second kappa shape index (κ2) is 8.40. The zero-order chi connectivity index (χ0) is 15.1. The number of carbonyl (C=O) groups excluding carboxylic acids is 1. The fourth-order valence-electron chi connectivity index (χ4n) is 3.28. The summed E-state index contributed by atoms with van der Waals surface area (Å²) in [6.45, 7) is 0.448. The lowest BCUT2D eigenvalue weighted by molar-refractivity contribution is -0.148. The minimum absolute atomic E-state index is 0.0139. The third-order valence-electron chi connectivity index (χ3n) is 5.03. The van der Waals surface area contributed by atoms with Crippen molar-refractivity contribution in [1.29, 1.82) is 0 Å². The van der Waals surface area contributed by atoms with Crippen molar-refractivity contribution < 1.29 is 19.4 Å². The van der Waals surface area contributed by atoms with Crippen molar-refractivity contribution in [2.45, 2.75) is 70.6 Å². The van der Waals surface area contributed by atoms with Gasteiger partial charge < -0.3 is 9.84 Å². The molecule has 2 unspecified atom stereocenters. The molecule has 4 heteroatoms. The van der Waals surface area contributed by atoms with Crippen molar-refractivity contribution in [3.63, 3.8) is 0 Å². The topological polar surface area (TPSA) is 63.6 Å². The molecule has 0 radical (unpaired) electrons. The number of carboxylic acid groups (broad SMARTS) is 1. The molecule has 0 aliphatic heterocycles. The summed E-state index contributed by atoms with van der Waals surface area (Å²) in [6, 6.07) is 0. The molecule has 3 aliphatic carbocycles. The van der Waals surface area contributed by atoms with Gasteiger partial charge in [0, 0.05) is 0 Å². The van der Waals surface area contributed by atoms with E-state index in [0.717, 1.165) is 6.42 Å². The fourth-order valence-corrected chi connectivity index (χ4v) is 3.28. The van der Waals surface area contributed by atoms with Gasteiger partial charge in [0.1, 0.15) is 0 Å². The largest absolute Gasteiger partial charge is 0.481 e. The fraction of sp³-hybridized carbons (Fsp3) is 0.882. The van der Waals surface area contributed by atoms with Crippen molar-refractivity contribution in [2.24, 2.45) is 17.8 Å². The van der Waals surface area contributed by atoms with Gasteiger partial charge in [0.15, 0.2) is 0 Å². The number of carboxylic acids is 1. The van der Waals surface area contributed by atoms with Crippen molar-refractivity contribution in [2.75, 3.05) is 6.61 Å². The molecule has 0 aromatic carbocycles. The SMILES string of the molecule is C1CC2CC12.O=C(O)CCC(=O)OCCC1CCCCC1. The van der Waals surface area contributed by atoms with Gasteiger partial charge in [-0.2, -0.15) is 0 Å². The number of carbonyl (C=O) groups is 2. The van der Waals surface area contributed by atoms with Gasteiger partial charge >= 0.3 is 11.9 Å². The van der Waals surface area contributed by atoms with Crippen molar-refractivity contribution in [3.05, 3.63) is 0 Å². The lowest BCUT2D eigenvalue weighted by Gasteiger charge is -2.20. The quantitative estimate of drug-likeness (QED) is 0.758. The van der Waals surface area contributed by atoms with Crippen LogP contribution in [0.2, 0.25) is 0 Å². The van der Waals surface area contributed by atoms with Gasteiger partial charge in [-0.25, -0.2) is 0 Å². The highest BCUT2D eigenvalue weighted by Crippen LogP contribution is 2.55. The standard InChI is InChI=1S/C12H20O4.C5H8/c13-11(14)6-7-12(15)16-9-8-10-4-2-1-3-5-10;1-2-5-3-4(1)5/h10H,1-9H2,(H,13,14);4-5H,1-3H2. The third-order valence-corrected chi connectivity index (χ3v) is 5.03. The monoisotopic (exact) mass is 296 g/mol. The smallest absolute Gasteiger partial charge is 0.306 e. The van der Waals surface area contributed by atoms with Crippen LogP contribution in [0.15, 0.2) is 0 Å². The zero-order valence-corrected chi connectivity index (χ0v) is 12.9. The Morgan fingerprint density at radius 2 is 1.62 bits per heavy atom. The number of ether oxygens (including phenoxy) is 1. The summed E-state index contributed by atoms with van der Waals surface area (Å²) >= 11 is 0. The molecule has 3 fully saturated rings. The van der Waals surface area contributed by atoms with Gasteiger partial charge in [-0.15, -0.1) is 0 Å². The maximum absolute atomic E-state index is 11.1. The Morgan fingerprint density at radius 3 is 2.10 bits per heavy atom. The first-order valence-corrected chi connectivity index (χ1v) is 8.52. The summed E-state index contributed by atoms with van der Waals surface area (Å²) in [5.41, 5.74) is 0. The van der Waals surface area contributed by atoms with E-state index in [4.69, 9.17) is 9.84 Å². The van der Waals surface area contributed by atoms with Gasteiger partial charge in [0.25, 0.3) is 0 Å². The van der Waals surface area contributed by atoms with E-state index in [2.05, 4.69) is 0 Å². The first kappa shape index (κ1) is 16.3. The first-order chi connectivity index (χ1) is 10.1. The number of esters is 1. The number of rotatable bonds is 6. The second-order valence-electron chi connectivity index (χ2n) is 6.74. The van der Waals surface area contributed by atoms with Crippen LogP contribution in [-0.2, 0) is 14.3 Å². The molecular weight excluding hydrogens is 268 g/mol. The van der Waals surface area contributed by atoms with E-state index >= 15 is 0 Å². The zero-order valence-electron chi connectivity index (χ0n) is 12.9. The summed E-state index contributed by atoms with van der Waals surface area (Å²) in [5.74, 6) is 1.81. The number of hydrogen-bond donors (Lipinski definition) is 1. The maximum atomic E-state index is 11.1. The maximum Gasteiger partial charge on any atom is 0.306 e. The van der Waals surface area contributed by atoms with E-state index in [1.165, 1.54) is 43.9 Å². The van der Waals surface area contributed by atoms with Gasteiger partial charge in [-0.1, -0.05) is 32.1 Å². The lowest BCUT2D eigenvalue weighted by atomic mass is 9.87. The molecule has 0 heterocycles. The summed E-state index contributed by atoms with van der Waals surface area (Å²) in [7, 11) is 0. The molecule has 0 spiro atoms. The van der Waals surface area contributed by atoms with Crippen LogP contribution in [0.4, 0.5) is 0 Å². The average Bonchev–Trinajstić information content (AvgIpc) is 3.05. The second-order valence-corrected chi connectivity index (χ2v) is 6.74. The van der Waals surface area contributed by atoms with Crippen LogP contribution in [0.25, 0.3) is 0 Å². The Kier molecular flexibility index (Phi) is 6.52. The van der Waals surface area contributed by atoms with Crippen LogP contribution < -0.4 is 0 Å². The summed E-state index contributed by atoms with van der Waals surface area (Å²) < 4.78 is 4.99. The number of aliphatic carboxylic acids is 1. The van der Waals surface area contributed by atoms with Crippen LogP contribution in [-0.4, -0.2) is 23.7 Å². The van der Waals surface area contributed by atoms with Crippen LogP contribution in [0.5, 0.6) is 0 Å². The lowest BCUT2D eigenvalue weighted by Crippen LogP contribution is -2.13. The summed E-state index contributed by atoms with van der Waals surface area (Å²) in [6.07, 6.45) is 11.9. The molecule has 0 amide bonds. The number of fused-ring (bicyclic) bond motifs is 1. The molecule has 2 atom stereocenters. The minimum Gasteiger partial charge on any atom is -0.481 e. The molecule has 0 saturated heterocycles. The highest BCUT2D eigenvalue weighted by atomic mass is 16.5. The Morgan fingerprint density at radius 1 is 0.952 bits per heavy atom. The van der Waals surface area contributed by atoms with E-state index in [1.807, 2.05) is 0 Å². The minimum atomic E-state index is -0.954. The van der Waals surface area contributed by atoms with Crippen LogP contribution in [0.3, 0.4) is 0 Å². The van der Waals surface area contributed by atoms with E-state index in [9.17, 15) is 9.59 Å². The molecule has 0 aromatic heterocycles. The molecule has 0 aromatic rings.